The standard InChI is InChI=1S/C18H24O7/c1-17-7-13(9-3-5-24-8-9)25-16(22)18(17,23)4-2-10-11(19)6-12(20)15(21)14(10)17/h3,5,8,10-15,19-21,23H,2,4,6-7H2,1H3. The van der Waals surface area contributed by atoms with Crippen LogP contribution in [0.15, 0.2) is 23.0 Å². The lowest BCUT2D eigenvalue weighted by Crippen LogP contribution is -2.69. The van der Waals surface area contributed by atoms with Crippen LogP contribution in [0.1, 0.15) is 44.3 Å². The van der Waals surface area contributed by atoms with Gasteiger partial charge in [0.15, 0.2) is 5.60 Å². The van der Waals surface area contributed by atoms with E-state index in [0.717, 1.165) is 0 Å². The Morgan fingerprint density at radius 2 is 2.00 bits per heavy atom. The van der Waals surface area contributed by atoms with E-state index in [1.165, 1.54) is 12.5 Å². The molecule has 8 atom stereocenters. The largest absolute Gasteiger partial charge is 0.472 e. The first-order valence-corrected chi connectivity index (χ1v) is 8.78. The van der Waals surface area contributed by atoms with Crippen LogP contribution in [0.5, 0.6) is 0 Å². The number of aliphatic hydroxyl groups is 4. The van der Waals surface area contributed by atoms with Gasteiger partial charge in [0.25, 0.3) is 0 Å². The van der Waals surface area contributed by atoms with Crippen molar-refractivity contribution in [1.29, 1.82) is 0 Å². The highest BCUT2D eigenvalue weighted by Crippen LogP contribution is 2.61. The van der Waals surface area contributed by atoms with Crippen molar-refractivity contribution in [2.24, 2.45) is 17.3 Å². The van der Waals surface area contributed by atoms with Gasteiger partial charge < -0.3 is 29.6 Å². The summed E-state index contributed by atoms with van der Waals surface area (Å²) in [5.74, 6) is -1.60. The molecule has 3 aliphatic rings. The number of fused-ring (bicyclic) bond motifs is 3. The van der Waals surface area contributed by atoms with E-state index in [9.17, 15) is 25.2 Å². The van der Waals surface area contributed by atoms with Crippen LogP contribution >= 0.6 is 0 Å². The van der Waals surface area contributed by atoms with E-state index in [1.54, 1.807) is 13.0 Å². The van der Waals surface area contributed by atoms with E-state index in [0.29, 0.717) is 12.0 Å². The molecule has 0 bridgehead atoms. The number of hydrogen-bond donors (Lipinski definition) is 4. The molecule has 0 aromatic carbocycles. The minimum Gasteiger partial charge on any atom is -0.472 e. The highest BCUT2D eigenvalue weighted by molar-refractivity contribution is 5.82. The van der Waals surface area contributed by atoms with Crippen LogP contribution in [-0.4, -0.2) is 50.3 Å². The number of aliphatic hydroxyl groups excluding tert-OH is 3. The maximum Gasteiger partial charge on any atom is 0.339 e. The maximum absolute atomic E-state index is 12.7. The minimum absolute atomic E-state index is 0.104. The molecule has 4 rings (SSSR count). The van der Waals surface area contributed by atoms with Gasteiger partial charge >= 0.3 is 5.97 Å². The SMILES string of the molecule is CC12CC(c3ccoc3)OC(=O)C1(O)CCC1C(O)CC(O)C(O)C12. The van der Waals surface area contributed by atoms with Gasteiger partial charge in [0.05, 0.1) is 30.8 Å². The van der Waals surface area contributed by atoms with Gasteiger partial charge in [-0.2, -0.15) is 0 Å². The van der Waals surface area contributed by atoms with Gasteiger partial charge in [0.1, 0.15) is 6.10 Å². The molecule has 0 radical (unpaired) electrons. The van der Waals surface area contributed by atoms with Crippen molar-refractivity contribution < 1.29 is 34.4 Å². The summed E-state index contributed by atoms with van der Waals surface area (Å²) in [6, 6.07) is 1.70. The summed E-state index contributed by atoms with van der Waals surface area (Å²) in [4.78, 5) is 12.7. The zero-order chi connectivity index (χ0) is 18.0. The van der Waals surface area contributed by atoms with Crippen molar-refractivity contribution >= 4 is 5.97 Å². The van der Waals surface area contributed by atoms with Gasteiger partial charge in [0, 0.05) is 23.3 Å². The molecule has 1 saturated heterocycles. The van der Waals surface area contributed by atoms with Crippen LogP contribution in [0.4, 0.5) is 0 Å². The monoisotopic (exact) mass is 352 g/mol. The summed E-state index contributed by atoms with van der Waals surface area (Å²) in [5.41, 5.74) is -2.09. The third kappa shape index (κ3) is 2.23. The average molecular weight is 352 g/mol. The van der Waals surface area contributed by atoms with Crippen molar-refractivity contribution in [3.63, 3.8) is 0 Å². The highest BCUT2D eigenvalue weighted by Gasteiger charge is 2.68. The highest BCUT2D eigenvalue weighted by atomic mass is 16.6. The van der Waals surface area contributed by atoms with Gasteiger partial charge in [-0.15, -0.1) is 0 Å². The van der Waals surface area contributed by atoms with Crippen LogP contribution in [0.3, 0.4) is 0 Å². The summed E-state index contributed by atoms with van der Waals surface area (Å²) in [7, 11) is 0. The van der Waals surface area contributed by atoms with E-state index in [2.05, 4.69) is 0 Å². The fourth-order valence-electron chi connectivity index (χ4n) is 5.39. The van der Waals surface area contributed by atoms with Gasteiger partial charge in [-0.05, 0) is 31.2 Å². The minimum atomic E-state index is -1.74. The van der Waals surface area contributed by atoms with Crippen LogP contribution in [-0.2, 0) is 9.53 Å². The number of rotatable bonds is 1. The first-order chi connectivity index (χ1) is 11.8. The molecule has 0 amide bonds. The van der Waals surface area contributed by atoms with Crippen LogP contribution in [0.25, 0.3) is 0 Å². The fraction of sp³-hybridized carbons (Fsp3) is 0.722. The van der Waals surface area contributed by atoms with Crippen LogP contribution < -0.4 is 0 Å². The summed E-state index contributed by atoms with van der Waals surface area (Å²) in [6.07, 6.45) is 0.370. The first kappa shape index (κ1) is 17.0. The molecule has 2 saturated carbocycles. The smallest absolute Gasteiger partial charge is 0.339 e. The molecule has 7 heteroatoms. The predicted molar refractivity (Wildman–Crippen MR) is 84.1 cm³/mol. The lowest BCUT2D eigenvalue weighted by atomic mass is 9.48. The number of carbonyl (C=O) groups is 1. The van der Waals surface area contributed by atoms with Gasteiger partial charge in [-0.1, -0.05) is 6.92 Å². The Morgan fingerprint density at radius 1 is 1.24 bits per heavy atom. The number of furan rings is 1. The number of carbonyl (C=O) groups excluding carboxylic acids is 1. The number of esters is 1. The zero-order valence-corrected chi connectivity index (χ0v) is 14.0. The topological polar surface area (TPSA) is 120 Å². The van der Waals surface area contributed by atoms with Crippen molar-refractivity contribution in [2.75, 3.05) is 0 Å². The maximum atomic E-state index is 12.7. The van der Waals surface area contributed by atoms with E-state index in [1.807, 2.05) is 0 Å². The molecule has 3 fully saturated rings. The molecule has 7 nitrogen and oxygen atoms in total. The number of cyclic esters (lactones) is 1. The van der Waals surface area contributed by atoms with E-state index < -0.39 is 47.3 Å². The normalized spacial score (nSPS) is 49.9. The Bertz CT molecular complexity index is 658. The molecule has 2 heterocycles. The lowest BCUT2D eigenvalue weighted by molar-refractivity contribution is -0.265. The summed E-state index contributed by atoms with van der Waals surface area (Å²) < 4.78 is 10.6. The molecule has 1 aromatic rings. The van der Waals surface area contributed by atoms with E-state index >= 15 is 0 Å². The average Bonchev–Trinajstić information content (AvgIpc) is 3.08. The first-order valence-electron chi connectivity index (χ1n) is 8.78. The van der Waals surface area contributed by atoms with Crippen molar-refractivity contribution in [2.45, 2.75) is 62.6 Å². The molecule has 1 aromatic heterocycles. The second kappa shape index (κ2) is 5.54. The zero-order valence-electron chi connectivity index (χ0n) is 14.0. The van der Waals surface area contributed by atoms with Crippen LogP contribution in [0.2, 0.25) is 0 Å². The fourth-order valence-corrected chi connectivity index (χ4v) is 5.39. The molecular weight excluding hydrogens is 328 g/mol. The molecule has 138 valence electrons. The molecule has 0 spiro atoms. The van der Waals surface area contributed by atoms with E-state index in [-0.39, 0.29) is 25.2 Å². The van der Waals surface area contributed by atoms with Gasteiger partial charge in [0.2, 0.25) is 0 Å². The molecule has 4 N–H and O–H groups in total. The summed E-state index contributed by atoms with van der Waals surface area (Å²) >= 11 is 0. The molecule has 8 unspecified atom stereocenters. The molecule has 1 aliphatic heterocycles. The Hall–Kier alpha value is -1.41. The summed E-state index contributed by atoms with van der Waals surface area (Å²) in [5, 5.41) is 42.4. The Labute approximate surface area is 145 Å². The third-order valence-corrected chi connectivity index (χ3v) is 6.83. The Morgan fingerprint density at radius 3 is 2.68 bits per heavy atom. The van der Waals surface area contributed by atoms with Gasteiger partial charge in [-0.3, -0.25) is 0 Å². The van der Waals surface area contributed by atoms with Crippen LogP contribution in [0, 0.1) is 17.3 Å². The van der Waals surface area contributed by atoms with Crippen molar-refractivity contribution in [3.8, 4) is 0 Å². The van der Waals surface area contributed by atoms with E-state index in [4.69, 9.17) is 9.15 Å². The van der Waals surface area contributed by atoms with Gasteiger partial charge in [-0.25, -0.2) is 4.79 Å². The second-order valence-electron chi connectivity index (χ2n) is 8.02. The predicted octanol–water partition coefficient (Wildman–Crippen LogP) is 0.518. The molecular formula is C18H24O7. The molecule has 25 heavy (non-hydrogen) atoms. The third-order valence-electron chi connectivity index (χ3n) is 6.83. The number of hydrogen-bond acceptors (Lipinski definition) is 7. The Balaban J connectivity index is 1.77. The molecule has 2 aliphatic carbocycles. The quantitative estimate of drug-likeness (QED) is 0.544. The number of ether oxygens (including phenoxy) is 1. The van der Waals surface area contributed by atoms with Crippen molar-refractivity contribution in [1.82, 2.24) is 0 Å². The summed E-state index contributed by atoms with van der Waals surface area (Å²) in [6.45, 7) is 1.76. The lowest BCUT2D eigenvalue weighted by Gasteiger charge is -2.61. The van der Waals surface area contributed by atoms with Crippen molar-refractivity contribution in [3.05, 3.63) is 24.2 Å². The second-order valence-corrected chi connectivity index (χ2v) is 8.02. The Kier molecular flexibility index (Phi) is 3.77.